The Labute approximate surface area is 188 Å². The average Bonchev–Trinajstić information content (AvgIpc) is 3.26. The number of carbonyl (C=O) groups is 1. The van der Waals surface area contributed by atoms with Gasteiger partial charge in [0.2, 0.25) is 5.88 Å². The highest BCUT2D eigenvalue weighted by Gasteiger charge is 2.30. The van der Waals surface area contributed by atoms with Crippen molar-refractivity contribution in [3.05, 3.63) is 46.0 Å². The summed E-state index contributed by atoms with van der Waals surface area (Å²) >= 11 is 6.66. The van der Waals surface area contributed by atoms with Gasteiger partial charge in [0.25, 0.3) is 0 Å². The lowest BCUT2D eigenvalue weighted by molar-refractivity contribution is -0.117. The molecule has 1 aromatic carbocycles. The van der Waals surface area contributed by atoms with Crippen LogP contribution in [0.5, 0.6) is 5.88 Å². The lowest BCUT2D eigenvalue weighted by Crippen LogP contribution is -2.36. The van der Waals surface area contributed by atoms with Crippen LogP contribution in [0.4, 0.5) is 11.5 Å². The molecule has 7 nitrogen and oxygen atoms in total. The Morgan fingerprint density at radius 2 is 1.77 bits per heavy atom. The highest BCUT2D eigenvalue weighted by molar-refractivity contribution is 6.35. The van der Waals surface area contributed by atoms with E-state index in [4.69, 9.17) is 26.8 Å². The van der Waals surface area contributed by atoms with Crippen LogP contribution in [0.1, 0.15) is 29.5 Å². The smallest absolute Gasteiger partial charge is 0.236 e. The first kappa shape index (κ1) is 21.9. The number of nitrogen functional groups attached to an aromatic ring is 1. The van der Waals surface area contributed by atoms with Crippen molar-refractivity contribution in [2.24, 2.45) is 0 Å². The van der Waals surface area contributed by atoms with Crippen LogP contribution >= 0.6 is 11.6 Å². The molecule has 0 atom stereocenters. The lowest BCUT2D eigenvalue weighted by atomic mass is 10.0. The van der Waals surface area contributed by atoms with Gasteiger partial charge in [-0.15, -0.1) is 0 Å². The number of ketones is 1. The highest BCUT2D eigenvalue weighted by atomic mass is 35.5. The van der Waals surface area contributed by atoms with Crippen LogP contribution < -0.4 is 15.4 Å². The SMILES string of the molecule is COCCOc1nc(N)c2c(c1Cl)N(Cc1ccc(CN3CCCC3)cc1)CC(=O)C2. The molecular formula is C23H29ClN4O3. The molecule has 0 unspecified atom stereocenters. The number of anilines is 2. The number of pyridine rings is 1. The number of rotatable bonds is 8. The molecule has 2 N–H and O–H groups in total. The molecular weight excluding hydrogens is 416 g/mol. The number of carbonyl (C=O) groups excluding carboxylic acids is 1. The van der Waals surface area contributed by atoms with Gasteiger partial charge in [0.1, 0.15) is 17.4 Å². The largest absolute Gasteiger partial charge is 0.474 e. The van der Waals surface area contributed by atoms with Crippen LogP contribution in [0.15, 0.2) is 24.3 Å². The van der Waals surface area contributed by atoms with Gasteiger partial charge >= 0.3 is 0 Å². The van der Waals surface area contributed by atoms with Crippen molar-refractivity contribution in [3.8, 4) is 5.88 Å². The van der Waals surface area contributed by atoms with Crippen molar-refractivity contribution in [2.45, 2.75) is 32.4 Å². The van der Waals surface area contributed by atoms with E-state index in [9.17, 15) is 4.79 Å². The average molecular weight is 445 g/mol. The molecule has 8 heteroatoms. The fourth-order valence-electron chi connectivity index (χ4n) is 4.25. The molecule has 2 aromatic rings. The summed E-state index contributed by atoms with van der Waals surface area (Å²) in [6.45, 7) is 4.92. The van der Waals surface area contributed by atoms with Gasteiger partial charge in [-0.05, 0) is 37.1 Å². The maximum atomic E-state index is 12.4. The van der Waals surface area contributed by atoms with E-state index in [-0.39, 0.29) is 30.4 Å². The summed E-state index contributed by atoms with van der Waals surface area (Å²) in [4.78, 5) is 21.1. The zero-order valence-corrected chi connectivity index (χ0v) is 18.7. The molecule has 2 aliphatic rings. The molecule has 0 saturated carbocycles. The zero-order chi connectivity index (χ0) is 21.8. The third kappa shape index (κ3) is 5.11. The fourth-order valence-corrected chi connectivity index (χ4v) is 4.58. The maximum absolute atomic E-state index is 12.4. The van der Waals surface area contributed by atoms with Gasteiger partial charge in [-0.3, -0.25) is 9.69 Å². The summed E-state index contributed by atoms with van der Waals surface area (Å²) in [6, 6.07) is 8.58. The number of hydrogen-bond donors (Lipinski definition) is 1. The Bertz CT molecular complexity index is 929. The molecule has 166 valence electrons. The van der Waals surface area contributed by atoms with E-state index >= 15 is 0 Å². The minimum atomic E-state index is 0.0933. The summed E-state index contributed by atoms with van der Waals surface area (Å²) in [5, 5.41) is 0.387. The summed E-state index contributed by atoms with van der Waals surface area (Å²) in [6.07, 6.45) is 2.81. The van der Waals surface area contributed by atoms with Crippen molar-refractivity contribution in [1.29, 1.82) is 0 Å². The van der Waals surface area contributed by atoms with E-state index in [1.165, 1.54) is 31.5 Å². The lowest BCUT2D eigenvalue weighted by Gasteiger charge is -2.32. The first-order valence-corrected chi connectivity index (χ1v) is 11.1. The minimum absolute atomic E-state index is 0.0933. The number of hydrogen-bond acceptors (Lipinski definition) is 7. The molecule has 2 aliphatic heterocycles. The third-order valence-electron chi connectivity index (χ3n) is 5.80. The molecule has 0 bridgehead atoms. The normalized spacial score (nSPS) is 16.6. The second-order valence-electron chi connectivity index (χ2n) is 8.16. The van der Waals surface area contributed by atoms with E-state index in [1.807, 2.05) is 4.90 Å². The van der Waals surface area contributed by atoms with Gasteiger partial charge in [-0.1, -0.05) is 35.9 Å². The number of fused-ring (bicyclic) bond motifs is 1. The number of methoxy groups -OCH3 is 1. The van der Waals surface area contributed by atoms with Gasteiger partial charge < -0.3 is 20.1 Å². The van der Waals surface area contributed by atoms with Crippen LogP contribution in [0, 0.1) is 0 Å². The number of aromatic nitrogens is 1. The Balaban J connectivity index is 1.54. The summed E-state index contributed by atoms with van der Waals surface area (Å²) in [5.41, 5.74) is 9.99. The summed E-state index contributed by atoms with van der Waals surface area (Å²) < 4.78 is 10.7. The molecule has 0 spiro atoms. The Hall–Kier alpha value is -2.35. The Kier molecular flexibility index (Phi) is 6.95. The van der Waals surface area contributed by atoms with Gasteiger partial charge in [0.15, 0.2) is 5.78 Å². The van der Waals surface area contributed by atoms with Crippen LogP contribution in [-0.4, -0.2) is 55.6 Å². The number of halogens is 1. The van der Waals surface area contributed by atoms with Gasteiger partial charge in [0.05, 0.1) is 18.8 Å². The van der Waals surface area contributed by atoms with Gasteiger partial charge in [0, 0.05) is 32.2 Å². The second-order valence-corrected chi connectivity index (χ2v) is 8.53. The number of nitrogens with two attached hydrogens (primary N) is 1. The molecule has 31 heavy (non-hydrogen) atoms. The number of benzene rings is 1. The zero-order valence-electron chi connectivity index (χ0n) is 17.9. The van der Waals surface area contributed by atoms with E-state index in [0.717, 1.165) is 17.8 Å². The number of Topliss-reactive ketones (excluding diaryl/α,β-unsaturated/α-hetero) is 1. The first-order valence-electron chi connectivity index (χ1n) is 10.7. The maximum Gasteiger partial charge on any atom is 0.236 e. The Morgan fingerprint density at radius 1 is 1.10 bits per heavy atom. The predicted molar refractivity (Wildman–Crippen MR) is 122 cm³/mol. The van der Waals surface area contributed by atoms with Crippen LogP contribution in [-0.2, 0) is 29.0 Å². The van der Waals surface area contributed by atoms with E-state index < -0.39 is 0 Å². The Morgan fingerprint density at radius 3 is 2.45 bits per heavy atom. The van der Waals surface area contributed by atoms with E-state index in [2.05, 4.69) is 34.1 Å². The molecule has 4 rings (SSSR count). The molecule has 0 aliphatic carbocycles. The molecule has 0 radical (unpaired) electrons. The van der Waals surface area contributed by atoms with E-state index in [0.29, 0.717) is 30.3 Å². The van der Waals surface area contributed by atoms with Crippen molar-refractivity contribution in [1.82, 2.24) is 9.88 Å². The summed E-state index contributed by atoms with van der Waals surface area (Å²) in [5.74, 6) is 0.650. The monoisotopic (exact) mass is 444 g/mol. The summed E-state index contributed by atoms with van der Waals surface area (Å²) in [7, 11) is 1.60. The van der Waals surface area contributed by atoms with Crippen LogP contribution in [0.25, 0.3) is 0 Å². The molecule has 0 amide bonds. The number of ether oxygens (including phenoxy) is 2. The first-order chi connectivity index (χ1) is 15.0. The highest BCUT2D eigenvalue weighted by Crippen LogP contribution is 2.41. The molecule has 3 heterocycles. The predicted octanol–water partition coefficient (Wildman–Crippen LogP) is 3.07. The van der Waals surface area contributed by atoms with E-state index in [1.54, 1.807) is 7.11 Å². The molecule has 1 fully saturated rings. The van der Waals surface area contributed by atoms with Crippen molar-refractivity contribution >= 4 is 28.9 Å². The van der Waals surface area contributed by atoms with Crippen molar-refractivity contribution in [3.63, 3.8) is 0 Å². The number of likely N-dealkylation sites (tertiary alicyclic amines) is 1. The minimum Gasteiger partial charge on any atom is -0.474 e. The van der Waals surface area contributed by atoms with Crippen molar-refractivity contribution in [2.75, 3.05) is 50.6 Å². The van der Waals surface area contributed by atoms with Gasteiger partial charge in [-0.25, -0.2) is 0 Å². The van der Waals surface area contributed by atoms with Crippen LogP contribution in [0.3, 0.4) is 0 Å². The second kappa shape index (κ2) is 9.85. The fraction of sp³-hybridized carbons (Fsp3) is 0.478. The van der Waals surface area contributed by atoms with Crippen molar-refractivity contribution < 1.29 is 14.3 Å². The van der Waals surface area contributed by atoms with Crippen LogP contribution in [0.2, 0.25) is 5.02 Å². The molecule has 1 aromatic heterocycles. The molecule has 1 saturated heterocycles. The van der Waals surface area contributed by atoms with Gasteiger partial charge in [-0.2, -0.15) is 4.98 Å². The topological polar surface area (TPSA) is 80.9 Å². The quantitative estimate of drug-likeness (QED) is 0.626. The third-order valence-corrected chi connectivity index (χ3v) is 6.14. The number of nitrogens with zero attached hydrogens (tertiary/aromatic N) is 3. The standard InChI is InChI=1S/C23H29ClN4O3/c1-30-10-11-31-23-20(24)21-19(22(25)26-23)12-18(29)15-28(21)14-17-6-4-16(5-7-17)13-27-8-2-3-9-27/h4-7H,2-3,8-15H2,1H3,(H2,25,26).